The maximum atomic E-state index is 13.0. The molecule has 2 aromatic rings. The fourth-order valence-electron chi connectivity index (χ4n) is 2.68. The number of thioether (sulfide) groups is 1. The summed E-state index contributed by atoms with van der Waals surface area (Å²) in [6.45, 7) is 1.64. The average Bonchev–Trinajstić information content (AvgIpc) is 3.27. The van der Waals surface area contributed by atoms with Gasteiger partial charge >= 0.3 is 6.03 Å². The van der Waals surface area contributed by atoms with Gasteiger partial charge in [0.25, 0.3) is 5.22 Å². The van der Waals surface area contributed by atoms with Gasteiger partial charge in [-0.25, -0.2) is 9.18 Å². The topological polar surface area (TPSA) is 97.1 Å². The molecule has 1 aromatic carbocycles. The first-order chi connectivity index (χ1) is 12.5. The van der Waals surface area contributed by atoms with Crippen LogP contribution in [0.5, 0.6) is 0 Å². The number of aromatic nitrogens is 2. The Morgan fingerprint density at radius 2 is 1.92 bits per heavy atom. The first-order valence-corrected chi connectivity index (χ1v) is 9.26. The monoisotopic (exact) mass is 378 g/mol. The Morgan fingerprint density at radius 3 is 2.62 bits per heavy atom. The van der Waals surface area contributed by atoms with E-state index in [2.05, 4.69) is 20.8 Å². The molecule has 1 heterocycles. The molecule has 3 rings (SSSR count). The number of halogens is 1. The number of hydrogen-bond donors (Lipinski definition) is 2. The van der Waals surface area contributed by atoms with E-state index in [0.29, 0.717) is 5.56 Å². The van der Waals surface area contributed by atoms with Crippen molar-refractivity contribution < 1.29 is 18.4 Å². The highest BCUT2D eigenvalue weighted by molar-refractivity contribution is 8.00. The van der Waals surface area contributed by atoms with E-state index in [0.717, 1.165) is 37.4 Å². The van der Waals surface area contributed by atoms with Gasteiger partial charge in [0, 0.05) is 11.6 Å². The van der Waals surface area contributed by atoms with E-state index < -0.39 is 17.2 Å². The van der Waals surface area contributed by atoms with Crippen molar-refractivity contribution in [2.75, 3.05) is 0 Å². The van der Waals surface area contributed by atoms with E-state index in [1.807, 2.05) is 0 Å². The van der Waals surface area contributed by atoms with Crippen molar-refractivity contribution in [2.24, 2.45) is 0 Å². The molecule has 7 nitrogen and oxygen atoms in total. The number of carbonyl (C=O) groups excluding carboxylic acids is 2. The summed E-state index contributed by atoms with van der Waals surface area (Å²) in [5.41, 5.74) is 0.582. The van der Waals surface area contributed by atoms with Crippen molar-refractivity contribution in [1.29, 1.82) is 0 Å². The Morgan fingerprint density at radius 1 is 1.23 bits per heavy atom. The second-order valence-corrected chi connectivity index (χ2v) is 7.38. The second-order valence-electron chi connectivity index (χ2n) is 6.08. The summed E-state index contributed by atoms with van der Waals surface area (Å²) < 4.78 is 18.4. The van der Waals surface area contributed by atoms with E-state index >= 15 is 0 Å². The number of nitrogens with zero attached hydrogens (tertiary/aromatic N) is 2. The van der Waals surface area contributed by atoms with Crippen molar-refractivity contribution in [3.05, 3.63) is 30.1 Å². The molecule has 3 amide bonds. The van der Waals surface area contributed by atoms with Crippen molar-refractivity contribution >= 4 is 23.7 Å². The number of amides is 3. The highest BCUT2D eigenvalue weighted by atomic mass is 32.2. The lowest BCUT2D eigenvalue weighted by molar-refractivity contribution is -0.119. The molecule has 26 heavy (non-hydrogen) atoms. The minimum absolute atomic E-state index is 0.139. The first kappa shape index (κ1) is 18.4. The van der Waals surface area contributed by atoms with Gasteiger partial charge in [0.2, 0.25) is 11.8 Å². The lowest BCUT2D eigenvalue weighted by Gasteiger charge is -2.13. The molecule has 1 aromatic heterocycles. The lowest BCUT2D eigenvalue weighted by atomic mass is 10.2. The minimum Gasteiger partial charge on any atom is -0.411 e. The minimum atomic E-state index is -0.592. The van der Waals surface area contributed by atoms with Crippen LogP contribution in [0.25, 0.3) is 11.5 Å². The summed E-state index contributed by atoms with van der Waals surface area (Å²) in [5, 5.41) is 12.5. The molecule has 9 heteroatoms. The predicted molar refractivity (Wildman–Crippen MR) is 93.9 cm³/mol. The Labute approximate surface area is 154 Å². The summed E-state index contributed by atoms with van der Waals surface area (Å²) in [6.07, 6.45) is 4.08. The molecule has 0 spiro atoms. The van der Waals surface area contributed by atoms with Crippen LogP contribution in [0.4, 0.5) is 9.18 Å². The summed E-state index contributed by atoms with van der Waals surface area (Å²) in [7, 11) is 0. The van der Waals surface area contributed by atoms with E-state index in [1.165, 1.54) is 24.3 Å². The van der Waals surface area contributed by atoms with Crippen molar-refractivity contribution in [3.8, 4) is 11.5 Å². The highest BCUT2D eigenvalue weighted by Gasteiger charge is 2.22. The van der Waals surface area contributed by atoms with Gasteiger partial charge in [0.15, 0.2) is 0 Å². The molecule has 0 saturated heterocycles. The molecule has 0 bridgehead atoms. The van der Waals surface area contributed by atoms with E-state index in [-0.39, 0.29) is 23.0 Å². The zero-order chi connectivity index (χ0) is 18.5. The van der Waals surface area contributed by atoms with Gasteiger partial charge in [-0.3, -0.25) is 10.1 Å². The van der Waals surface area contributed by atoms with Gasteiger partial charge in [-0.05, 0) is 44.0 Å². The summed E-state index contributed by atoms with van der Waals surface area (Å²) >= 11 is 1.05. The normalized spacial score (nSPS) is 15.6. The van der Waals surface area contributed by atoms with Crippen LogP contribution >= 0.6 is 11.8 Å². The zero-order valence-corrected chi connectivity index (χ0v) is 15.0. The Bertz CT molecular complexity index is 775. The van der Waals surface area contributed by atoms with Gasteiger partial charge in [-0.15, -0.1) is 10.2 Å². The molecule has 0 aliphatic heterocycles. The van der Waals surface area contributed by atoms with E-state index in [9.17, 15) is 14.0 Å². The third-order valence-corrected chi connectivity index (χ3v) is 5.01. The fourth-order valence-corrected chi connectivity index (χ4v) is 3.36. The van der Waals surface area contributed by atoms with Crippen LogP contribution in [0.2, 0.25) is 0 Å². The molecule has 1 atom stereocenters. The largest absolute Gasteiger partial charge is 0.411 e. The highest BCUT2D eigenvalue weighted by Crippen LogP contribution is 2.26. The average molecular weight is 378 g/mol. The molecular formula is C17H19FN4O3S. The number of imide groups is 1. The van der Waals surface area contributed by atoms with Gasteiger partial charge < -0.3 is 9.73 Å². The molecule has 1 saturated carbocycles. The summed E-state index contributed by atoms with van der Waals surface area (Å²) in [6, 6.07) is 5.31. The number of hydrogen-bond acceptors (Lipinski definition) is 6. The second kappa shape index (κ2) is 8.31. The molecule has 2 N–H and O–H groups in total. The SMILES string of the molecule is C[C@H](Sc1nnc(-c2ccc(F)cc2)o1)C(=O)NC(=O)NC1CCCC1. The number of benzene rings is 1. The predicted octanol–water partition coefficient (Wildman–Crippen LogP) is 3.12. The van der Waals surface area contributed by atoms with E-state index in [4.69, 9.17) is 4.42 Å². The van der Waals surface area contributed by atoms with Crippen molar-refractivity contribution in [3.63, 3.8) is 0 Å². The third-order valence-electron chi connectivity index (χ3n) is 4.07. The van der Waals surface area contributed by atoms with Crippen LogP contribution in [-0.2, 0) is 4.79 Å². The molecular weight excluding hydrogens is 359 g/mol. The number of nitrogens with one attached hydrogen (secondary N) is 2. The molecule has 1 aliphatic rings. The smallest absolute Gasteiger partial charge is 0.321 e. The quantitative estimate of drug-likeness (QED) is 0.776. The summed E-state index contributed by atoms with van der Waals surface area (Å²) in [5.74, 6) is -0.560. The number of urea groups is 1. The van der Waals surface area contributed by atoms with Gasteiger partial charge in [0.05, 0.1) is 5.25 Å². The van der Waals surface area contributed by atoms with Crippen LogP contribution in [0.15, 0.2) is 33.9 Å². The maximum absolute atomic E-state index is 13.0. The van der Waals surface area contributed by atoms with Gasteiger partial charge in [-0.1, -0.05) is 24.6 Å². The van der Waals surface area contributed by atoms with Crippen LogP contribution in [0, 0.1) is 5.82 Å². The third kappa shape index (κ3) is 4.81. The molecule has 0 radical (unpaired) electrons. The van der Waals surface area contributed by atoms with Gasteiger partial charge in [0.1, 0.15) is 5.82 Å². The summed E-state index contributed by atoms with van der Waals surface area (Å²) in [4.78, 5) is 24.0. The van der Waals surface area contributed by atoms with Crippen molar-refractivity contribution in [2.45, 2.75) is 49.1 Å². The fraction of sp³-hybridized carbons (Fsp3) is 0.412. The van der Waals surface area contributed by atoms with E-state index in [1.54, 1.807) is 6.92 Å². The lowest BCUT2D eigenvalue weighted by Crippen LogP contribution is -2.45. The van der Waals surface area contributed by atoms with Crippen LogP contribution in [0.1, 0.15) is 32.6 Å². The Balaban J connectivity index is 1.52. The van der Waals surface area contributed by atoms with Crippen molar-refractivity contribution in [1.82, 2.24) is 20.8 Å². The van der Waals surface area contributed by atoms with Gasteiger partial charge in [-0.2, -0.15) is 0 Å². The molecule has 138 valence electrons. The zero-order valence-electron chi connectivity index (χ0n) is 14.2. The standard InChI is InChI=1S/C17H19FN4O3S/c1-10(14(23)20-16(24)19-13-4-2-3-5-13)26-17-22-21-15(25-17)11-6-8-12(18)9-7-11/h6-10,13H,2-5H2,1H3,(H2,19,20,23,24)/t10-/m0/s1. The number of carbonyl (C=O) groups is 2. The van der Waals surface area contributed by atoms with Crippen LogP contribution < -0.4 is 10.6 Å². The molecule has 1 fully saturated rings. The molecule has 1 aliphatic carbocycles. The van der Waals surface area contributed by atoms with Crippen LogP contribution in [-0.4, -0.2) is 33.4 Å². The van der Waals surface area contributed by atoms with Crippen LogP contribution in [0.3, 0.4) is 0 Å². The Hall–Kier alpha value is -2.42. The maximum Gasteiger partial charge on any atom is 0.321 e. The Kier molecular flexibility index (Phi) is 5.87. The first-order valence-electron chi connectivity index (χ1n) is 8.39. The number of rotatable bonds is 5. The molecule has 0 unspecified atom stereocenters.